The molecule has 1 aromatic carbocycles. The predicted octanol–water partition coefficient (Wildman–Crippen LogP) is 3.44. The molecule has 106 valence electrons. The van der Waals surface area contributed by atoms with Gasteiger partial charge in [-0.2, -0.15) is 0 Å². The summed E-state index contributed by atoms with van der Waals surface area (Å²) < 4.78 is 0. The molecule has 3 rings (SSSR count). The summed E-state index contributed by atoms with van der Waals surface area (Å²) in [4.78, 5) is 7.05. The van der Waals surface area contributed by atoms with Gasteiger partial charge in [0.2, 0.25) is 0 Å². The van der Waals surface area contributed by atoms with Crippen molar-refractivity contribution in [1.29, 1.82) is 0 Å². The molecule has 0 unspecified atom stereocenters. The summed E-state index contributed by atoms with van der Waals surface area (Å²) in [5, 5.41) is 1.17. The Morgan fingerprint density at radius 1 is 1.30 bits per heavy atom. The van der Waals surface area contributed by atoms with Crippen molar-refractivity contribution in [3.8, 4) is 0 Å². The summed E-state index contributed by atoms with van der Waals surface area (Å²) in [6, 6.07) is 10.9. The molecule has 1 aromatic heterocycles. The van der Waals surface area contributed by atoms with E-state index in [1.54, 1.807) is 0 Å². The number of para-hydroxylation sites is 1. The summed E-state index contributed by atoms with van der Waals surface area (Å²) in [7, 11) is 0. The maximum absolute atomic E-state index is 6.14. The lowest BCUT2D eigenvalue weighted by Crippen LogP contribution is -2.32. The Balaban J connectivity index is 1.86. The number of nitrogens with two attached hydrogens (primary N) is 1. The number of fused-ring (bicyclic) bond motifs is 1. The zero-order valence-corrected chi connectivity index (χ0v) is 12.3. The molecule has 1 aliphatic rings. The van der Waals surface area contributed by atoms with Crippen LogP contribution in [0.5, 0.6) is 0 Å². The number of hydrogen-bond donors (Lipinski definition) is 1. The van der Waals surface area contributed by atoms with Crippen LogP contribution in [0.15, 0.2) is 30.3 Å². The number of rotatable bonds is 5. The minimum atomic E-state index is 0.543. The van der Waals surface area contributed by atoms with Gasteiger partial charge in [0.1, 0.15) is 5.82 Å². The van der Waals surface area contributed by atoms with Crippen molar-refractivity contribution in [3.63, 3.8) is 0 Å². The van der Waals surface area contributed by atoms with E-state index in [1.165, 1.54) is 24.8 Å². The molecule has 0 atom stereocenters. The first-order valence-corrected chi connectivity index (χ1v) is 7.51. The van der Waals surface area contributed by atoms with Crippen LogP contribution < -0.4 is 5.73 Å². The average Bonchev–Trinajstić information content (AvgIpc) is 3.22. The van der Waals surface area contributed by atoms with Crippen molar-refractivity contribution in [2.75, 3.05) is 12.3 Å². The Morgan fingerprint density at radius 3 is 2.75 bits per heavy atom. The van der Waals surface area contributed by atoms with Crippen molar-refractivity contribution in [2.45, 2.75) is 39.3 Å². The van der Waals surface area contributed by atoms with Crippen LogP contribution in [0.1, 0.15) is 32.3 Å². The quantitative estimate of drug-likeness (QED) is 0.904. The third-order valence-corrected chi connectivity index (χ3v) is 4.13. The van der Waals surface area contributed by atoms with Gasteiger partial charge < -0.3 is 5.73 Å². The number of nitrogens with zero attached hydrogens (tertiary/aromatic N) is 2. The number of benzene rings is 1. The van der Waals surface area contributed by atoms with Crippen molar-refractivity contribution in [3.05, 3.63) is 35.9 Å². The van der Waals surface area contributed by atoms with Gasteiger partial charge in [-0.15, -0.1) is 0 Å². The Hall–Kier alpha value is -1.61. The van der Waals surface area contributed by atoms with Gasteiger partial charge in [0.25, 0.3) is 0 Å². The number of anilines is 1. The highest BCUT2D eigenvalue weighted by molar-refractivity contribution is 5.81. The average molecular weight is 269 g/mol. The lowest BCUT2D eigenvalue weighted by molar-refractivity contribution is 0.204. The van der Waals surface area contributed by atoms with Gasteiger partial charge in [-0.1, -0.05) is 18.2 Å². The van der Waals surface area contributed by atoms with Gasteiger partial charge in [0.05, 0.1) is 5.52 Å². The van der Waals surface area contributed by atoms with E-state index in [-0.39, 0.29) is 0 Å². The largest absolute Gasteiger partial charge is 0.383 e. The molecule has 1 fully saturated rings. The molecule has 3 heteroatoms. The topological polar surface area (TPSA) is 42.2 Å². The lowest BCUT2D eigenvalue weighted by Gasteiger charge is -2.27. The van der Waals surface area contributed by atoms with E-state index in [4.69, 9.17) is 5.73 Å². The summed E-state index contributed by atoms with van der Waals surface area (Å²) in [5.74, 6) is 1.57. The van der Waals surface area contributed by atoms with Crippen molar-refractivity contribution in [1.82, 2.24) is 9.88 Å². The summed E-state index contributed by atoms with van der Waals surface area (Å²) in [5.41, 5.74) is 8.27. The first-order chi connectivity index (χ1) is 9.63. The first-order valence-electron chi connectivity index (χ1n) is 7.51. The summed E-state index contributed by atoms with van der Waals surface area (Å²) in [6.07, 6.45) is 2.77. The van der Waals surface area contributed by atoms with Crippen LogP contribution in [0.2, 0.25) is 0 Å². The second-order valence-corrected chi connectivity index (χ2v) is 6.19. The van der Waals surface area contributed by atoms with Crippen molar-refractivity contribution < 1.29 is 0 Å². The van der Waals surface area contributed by atoms with Gasteiger partial charge in [-0.05, 0) is 44.7 Å². The van der Waals surface area contributed by atoms with E-state index < -0.39 is 0 Å². The fraction of sp³-hybridized carbons (Fsp3) is 0.471. The fourth-order valence-corrected chi connectivity index (χ4v) is 2.61. The van der Waals surface area contributed by atoms with Crippen molar-refractivity contribution >= 4 is 16.7 Å². The molecule has 0 amide bonds. The van der Waals surface area contributed by atoms with Gasteiger partial charge in [-0.25, -0.2) is 4.98 Å². The van der Waals surface area contributed by atoms with Crippen LogP contribution in [-0.2, 0) is 6.54 Å². The second-order valence-electron chi connectivity index (χ2n) is 6.19. The zero-order valence-electron chi connectivity index (χ0n) is 12.3. The van der Waals surface area contributed by atoms with Crippen LogP contribution in [-0.4, -0.2) is 22.5 Å². The number of pyridine rings is 1. The standard InChI is InChI=1S/C17H23N3/c1-12(2)20(10-13-7-8-13)11-15-9-14-5-3-4-6-16(14)19-17(15)18/h3-6,9,12-13H,7-8,10-11H2,1-2H3,(H2,18,19). The third-order valence-electron chi connectivity index (χ3n) is 4.13. The Bertz CT molecular complexity index is 602. The van der Waals surface area contributed by atoms with E-state index >= 15 is 0 Å². The van der Waals surface area contributed by atoms with Crippen LogP contribution in [0.25, 0.3) is 10.9 Å². The van der Waals surface area contributed by atoms with Crippen molar-refractivity contribution in [2.24, 2.45) is 5.92 Å². The molecule has 0 radical (unpaired) electrons. The molecule has 1 aliphatic carbocycles. The Morgan fingerprint density at radius 2 is 2.05 bits per heavy atom. The molecular formula is C17H23N3. The molecule has 2 aromatic rings. The highest BCUT2D eigenvalue weighted by atomic mass is 15.2. The normalized spacial score (nSPS) is 15.4. The summed E-state index contributed by atoms with van der Waals surface area (Å²) >= 11 is 0. The van der Waals surface area contributed by atoms with E-state index in [2.05, 4.69) is 35.9 Å². The predicted molar refractivity (Wildman–Crippen MR) is 84.4 cm³/mol. The summed E-state index contributed by atoms with van der Waals surface area (Å²) in [6.45, 7) is 6.60. The van der Waals surface area contributed by atoms with Crippen LogP contribution in [0, 0.1) is 5.92 Å². The molecule has 1 heterocycles. The fourth-order valence-electron chi connectivity index (χ4n) is 2.61. The number of aromatic nitrogens is 1. The zero-order chi connectivity index (χ0) is 14.1. The van der Waals surface area contributed by atoms with E-state index in [0.717, 1.165) is 23.5 Å². The molecule has 2 N–H and O–H groups in total. The highest BCUT2D eigenvalue weighted by Crippen LogP contribution is 2.31. The molecule has 1 saturated carbocycles. The van der Waals surface area contributed by atoms with E-state index in [1.807, 2.05) is 18.2 Å². The lowest BCUT2D eigenvalue weighted by atomic mass is 10.1. The van der Waals surface area contributed by atoms with Crippen LogP contribution in [0.4, 0.5) is 5.82 Å². The molecule has 3 nitrogen and oxygen atoms in total. The highest BCUT2D eigenvalue weighted by Gasteiger charge is 2.25. The number of nitrogen functional groups attached to an aromatic ring is 1. The molecule has 0 bridgehead atoms. The monoisotopic (exact) mass is 269 g/mol. The Kier molecular flexibility index (Phi) is 3.62. The molecule has 0 spiro atoms. The van der Waals surface area contributed by atoms with Gasteiger partial charge in [0.15, 0.2) is 0 Å². The first kappa shape index (κ1) is 13.4. The second kappa shape index (κ2) is 5.41. The van der Waals surface area contributed by atoms with Gasteiger partial charge in [-0.3, -0.25) is 4.90 Å². The third kappa shape index (κ3) is 2.93. The smallest absolute Gasteiger partial charge is 0.128 e. The van der Waals surface area contributed by atoms with Gasteiger partial charge in [0, 0.05) is 30.1 Å². The van der Waals surface area contributed by atoms with E-state index in [9.17, 15) is 0 Å². The minimum absolute atomic E-state index is 0.543. The van der Waals surface area contributed by atoms with Gasteiger partial charge >= 0.3 is 0 Å². The molecular weight excluding hydrogens is 246 g/mol. The number of hydrogen-bond acceptors (Lipinski definition) is 3. The maximum Gasteiger partial charge on any atom is 0.128 e. The maximum atomic E-state index is 6.14. The minimum Gasteiger partial charge on any atom is -0.383 e. The molecule has 0 aliphatic heterocycles. The molecule has 20 heavy (non-hydrogen) atoms. The van der Waals surface area contributed by atoms with E-state index in [0.29, 0.717) is 11.9 Å². The van der Waals surface area contributed by atoms with Crippen LogP contribution in [0.3, 0.4) is 0 Å². The Labute approximate surface area is 120 Å². The van der Waals surface area contributed by atoms with Crippen LogP contribution >= 0.6 is 0 Å². The SMILES string of the molecule is CC(C)N(Cc1cc2ccccc2nc1N)CC1CC1. The molecule has 0 saturated heterocycles.